The van der Waals surface area contributed by atoms with Crippen LogP contribution >= 0.6 is 0 Å². The minimum atomic E-state index is -0.508. The number of hydrogen-bond donors (Lipinski definition) is 0. The Hall–Kier alpha value is -2.43. The summed E-state index contributed by atoms with van der Waals surface area (Å²) in [6, 6.07) is 4.35. The lowest BCUT2D eigenvalue weighted by Crippen LogP contribution is -2.19. The van der Waals surface area contributed by atoms with E-state index in [0.29, 0.717) is 5.57 Å². The molecule has 0 fully saturated rings. The van der Waals surface area contributed by atoms with Gasteiger partial charge in [0.05, 0.1) is 11.8 Å². The third-order valence-corrected chi connectivity index (χ3v) is 2.94. The van der Waals surface area contributed by atoms with Gasteiger partial charge in [-0.3, -0.25) is 9.48 Å². The van der Waals surface area contributed by atoms with E-state index in [-0.39, 0.29) is 23.7 Å². The number of ketones is 1. The number of fused-ring (bicyclic) bond motifs is 1. The van der Waals surface area contributed by atoms with Crippen molar-refractivity contribution in [3.05, 3.63) is 53.1 Å². The molecule has 19 heavy (non-hydrogen) atoms. The van der Waals surface area contributed by atoms with Gasteiger partial charge in [0, 0.05) is 24.4 Å². The van der Waals surface area contributed by atoms with Gasteiger partial charge in [0.1, 0.15) is 6.61 Å². The quantitative estimate of drug-likeness (QED) is 0.737. The Labute approximate surface area is 109 Å². The highest BCUT2D eigenvalue weighted by atomic mass is 19.1. The smallest absolute Gasteiger partial charge is 0.196 e. The van der Waals surface area contributed by atoms with Crippen molar-refractivity contribution < 1.29 is 13.9 Å². The first-order valence-corrected chi connectivity index (χ1v) is 5.80. The van der Waals surface area contributed by atoms with Crippen LogP contribution in [0.15, 0.2) is 36.2 Å². The van der Waals surface area contributed by atoms with Gasteiger partial charge in [0.15, 0.2) is 17.3 Å². The van der Waals surface area contributed by atoms with E-state index in [1.54, 1.807) is 36.3 Å². The number of carbonyl (C=O) groups is 1. The normalized spacial score (nSPS) is 16.3. The zero-order valence-electron chi connectivity index (χ0n) is 10.3. The molecule has 0 saturated heterocycles. The van der Waals surface area contributed by atoms with E-state index in [1.807, 2.05) is 0 Å². The maximum absolute atomic E-state index is 13.5. The third kappa shape index (κ3) is 2.03. The molecule has 0 radical (unpaired) electrons. The van der Waals surface area contributed by atoms with Crippen LogP contribution in [-0.4, -0.2) is 22.2 Å². The molecule has 0 N–H and O–H groups in total. The molecule has 0 saturated carbocycles. The molecule has 1 aromatic heterocycles. The first-order chi connectivity index (χ1) is 9.15. The van der Waals surface area contributed by atoms with Gasteiger partial charge in [-0.05, 0) is 18.2 Å². The van der Waals surface area contributed by atoms with E-state index < -0.39 is 5.82 Å². The van der Waals surface area contributed by atoms with Crippen LogP contribution in [0.25, 0.3) is 6.08 Å². The fourth-order valence-electron chi connectivity index (χ4n) is 2.05. The summed E-state index contributed by atoms with van der Waals surface area (Å²) in [6.07, 6.45) is 5.16. The second kappa shape index (κ2) is 4.35. The molecule has 0 spiro atoms. The molecule has 0 bridgehead atoms. The van der Waals surface area contributed by atoms with Crippen molar-refractivity contribution in [1.82, 2.24) is 9.78 Å². The molecular formula is C14H11FN2O2. The van der Waals surface area contributed by atoms with Gasteiger partial charge < -0.3 is 4.74 Å². The van der Waals surface area contributed by atoms with Gasteiger partial charge >= 0.3 is 0 Å². The average molecular weight is 258 g/mol. The maximum atomic E-state index is 13.5. The van der Waals surface area contributed by atoms with Crippen LogP contribution in [-0.2, 0) is 7.05 Å². The summed E-state index contributed by atoms with van der Waals surface area (Å²) in [4.78, 5) is 12.2. The van der Waals surface area contributed by atoms with E-state index in [2.05, 4.69) is 5.10 Å². The molecule has 4 nitrogen and oxygen atoms in total. The molecule has 1 aliphatic heterocycles. The summed E-state index contributed by atoms with van der Waals surface area (Å²) in [5.74, 6) is -0.674. The highest BCUT2D eigenvalue weighted by Crippen LogP contribution is 2.30. The van der Waals surface area contributed by atoms with Crippen LogP contribution in [0.1, 0.15) is 15.9 Å². The van der Waals surface area contributed by atoms with Crippen LogP contribution in [0.5, 0.6) is 5.75 Å². The molecule has 1 aromatic carbocycles. The third-order valence-electron chi connectivity index (χ3n) is 2.94. The number of aromatic nitrogens is 2. The molecule has 0 unspecified atom stereocenters. The number of para-hydroxylation sites is 1. The molecule has 5 heteroatoms. The highest BCUT2D eigenvalue weighted by Gasteiger charge is 2.25. The Bertz CT molecular complexity index is 689. The highest BCUT2D eigenvalue weighted by molar-refractivity contribution is 6.14. The molecule has 2 heterocycles. The maximum Gasteiger partial charge on any atom is 0.196 e. The van der Waals surface area contributed by atoms with Crippen molar-refractivity contribution in [2.24, 2.45) is 7.05 Å². The first-order valence-electron chi connectivity index (χ1n) is 5.80. The topological polar surface area (TPSA) is 44.1 Å². The minimum absolute atomic E-state index is 0.0378. The van der Waals surface area contributed by atoms with E-state index in [9.17, 15) is 9.18 Å². The van der Waals surface area contributed by atoms with Gasteiger partial charge in [0.2, 0.25) is 0 Å². The molecule has 1 aliphatic rings. The summed E-state index contributed by atoms with van der Waals surface area (Å²) < 4.78 is 20.5. The van der Waals surface area contributed by atoms with E-state index >= 15 is 0 Å². The lowest BCUT2D eigenvalue weighted by Gasteiger charge is -2.18. The van der Waals surface area contributed by atoms with Crippen LogP contribution in [0.3, 0.4) is 0 Å². The summed E-state index contributed by atoms with van der Waals surface area (Å²) in [5, 5.41) is 4.03. The fourth-order valence-corrected chi connectivity index (χ4v) is 2.05. The summed E-state index contributed by atoms with van der Waals surface area (Å²) in [7, 11) is 1.80. The van der Waals surface area contributed by atoms with E-state index in [1.165, 1.54) is 12.1 Å². The van der Waals surface area contributed by atoms with Crippen LogP contribution in [0.4, 0.5) is 4.39 Å². The lowest BCUT2D eigenvalue weighted by atomic mass is 9.99. The number of Topliss-reactive ketones (excluding diaryl/α,β-unsaturated/α-hetero) is 1. The Morgan fingerprint density at radius 2 is 2.32 bits per heavy atom. The second-order valence-corrected chi connectivity index (χ2v) is 4.35. The van der Waals surface area contributed by atoms with Crippen molar-refractivity contribution in [1.29, 1.82) is 0 Å². The fraction of sp³-hybridized carbons (Fsp3) is 0.143. The van der Waals surface area contributed by atoms with Crippen LogP contribution in [0, 0.1) is 5.82 Å². The average Bonchev–Trinajstić information content (AvgIpc) is 2.79. The van der Waals surface area contributed by atoms with Crippen molar-refractivity contribution in [2.45, 2.75) is 0 Å². The number of benzene rings is 1. The van der Waals surface area contributed by atoms with E-state index in [4.69, 9.17) is 4.74 Å². The monoisotopic (exact) mass is 258 g/mol. The van der Waals surface area contributed by atoms with Crippen LogP contribution in [0.2, 0.25) is 0 Å². The Kier molecular flexibility index (Phi) is 2.67. The van der Waals surface area contributed by atoms with Crippen LogP contribution < -0.4 is 4.74 Å². The number of rotatable bonds is 1. The Morgan fingerprint density at radius 1 is 1.47 bits per heavy atom. The van der Waals surface area contributed by atoms with Crippen molar-refractivity contribution in [3.63, 3.8) is 0 Å². The van der Waals surface area contributed by atoms with Gasteiger partial charge in [-0.15, -0.1) is 0 Å². The lowest BCUT2D eigenvalue weighted by molar-refractivity contribution is 0.0998. The van der Waals surface area contributed by atoms with Gasteiger partial charge in [-0.1, -0.05) is 6.07 Å². The van der Waals surface area contributed by atoms with E-state index in [0.717, 1.165) is 5.56 Å². The summed E-state index contributed by atoms with van der Waals surface area (Å²) >= 11 is 0. The molecule has 3 rings (SSSR count). The SMILES string of the molecule is Cn1cc(C=C2COc3c(F)cccc3C2=O)cn1. The number of aryl methyl sites for hydroxylation is 1. The largest absolute Gasteiger partial charge is 0.485 e. The number of hydrogen-bond acceptors (Lipinski definition) is 3. The molecule has 96 valence electrons. The standard InChI is InChI=1S/C14H11FN2O2/c1-17-7-9(6-16-17)5-10-8-19-14-11(13(10)18)3-2-4-12(14)15/h2-7H,8H2,1H3. The number of nitrogens with zero attached hydrogens (tertiary/aromatic N) is 2. The first kappa shape index (κ1) is 11.6. The molecule has 0 aliphatic carbocycles. The van der Waals surface area contributed by atoms with Gasteiger partial charge in [0.25, 0.3) is 0 Å². The summed E-state index contributed by atoms with van der Waals surface area (Å²) in [5.41, 5.74) is 1.57. The van der Waals surface area contributed by atoms with Crippen molar-refractivity contribution in [2.75, 3.05) is 6.61 Å². The van der Waals surface area contributed by atoms with Gasteiger partial charge in [-0.2, -0.15) is 5.10 Å². The Morgan fingerprint density at radius 3 is 3.05 bits per heavy atom. The van der Waals surface area contributed by atoms with Crippen molar-refractivity contribution in [3.8, 4) is 5.75 Å². The molecule has 0 atom stereocenters. The molecule has 2 aromatic rings. The number of carbonyl (C=O) groups excluding carboxylic acids is 1. The predicted molar refractivity (Wildman–Crippen MR) is 67.4 cm³/mol. The molecule has 0 amide bonds. The zero-order valence-corrected chi connectivity index (χ0v) is 10.3. The number of ether oxygens (including phenoxy) is 1. The minimum Gasteiger partial charge on any atom is -0.485 e. The van der Waals surface area contributed by atoms with Gasteiger partial charge in [-0.25, -0.2) is 4.39 Å². The zero-order chi connectivity index (χ0) is 13.4. The summed E-state index contributed by atoms with van der Waals surface area (Å²) in [6.45, 7) is 0.0711. The second-order valence-electron chi connectivity index (χ2n) is 4.35. The molecular weight excluding hydrogens is 247 g/mol. The predicted octanol–water partition coefficient (Wildman–Crippen LogP) is 2.22. The Balaban J connectivity index is 2.00. The van der Waals surface area contributed by atoms with Crippen molar-refractivity contribution >= 4 is 11.9 Å². The number of halogens is 1.